The van der Waals surface area contributed by atoms with Gasteiger partial charge in [0.2, 0.25) is 0 Å². The highest BCUT2D eigenvalue weighted by Crippen LogP contribution is 2.35. The van der Waals surface area contributed by atoms with Gasteiger partial charge < -0.3 is 19.3 Å². The third kappa shape index (κ3) is 5.01. The first kappa shape index (κ1) is 23.6. The van der Waals surface area contributed by atoms with Gasteiger partial charge in [-0.3, -0.25) is 0 Å². The van der Waals surface area contributed by atoms with Gasteiger partial charge in [-0.1, -0.05) is 32.1 Å². The monoisotopic (exact) mass is 491 g/mol. The Balaban J connectivity index is 1.45. The number of carbonyl (C=O) groups is 1. The second-order valence-corrected chi connectivity index (χ2v) is 12.5. The number of likely N-dealkylation sites (tertiary alicyclic amines) is 1. The predicted molar refractivity (Wildman–Crippen MR) is 128 cm³/mol. The van der Waals surface area contributed by atoms with Crippen LogP contribution < -0.4 is 4.74 Å². The van der Waals surface area contributed by atoms with Crippen LogP contribution in [0.5, 0.6) is 5.19 Å². The molecule has 1 N–H and O–H groups in total. The van der Waals surface area contributed by atoms with Gasteiger partial charge >= 0.3 is 6.09 Å². The largest absolute Gasteiger partial charge is 0.470 e. The number of piperidine rings is 1. The number of aromatic nitrogens is 2. The lowest BCUT2D eigenvalue weighted by molar-refractivity contribution is 0.0302. The van der Waals surface area contributed by atoms with Gasteiger partial charge in [0.25, 0.3) is 5.19 Å². The molecule has 3 aromatic rings. The molecule has 1 saturated heterocycles. The van der Waals surface area contributed by atoms with Gasteiger partial charge in [0.15, 0.2) is 15.7 Å². The van der Waals surface area contributed by atoms with Crippen LogP contribution in [-0.2, 0) is 9.84 Å². The number of carboxylic acid groups (broad SMARTS) is 1. The summed E-state index contributed by atoms with van der Waals surface area (Å²) < 4.78 is 31.6. The maximum absolute atomic E-state index is 11.8. The van der Waals surface area contributed by atoms with Crippen LogP contribution in [0.2, 0.25) is 0 Å². The maximum Gasteiger partial charge on any atom is 0.407 e. The van der Waals surface area contributed by atoms with Gasteiger partial charge in [-0.05, 0) is 48.4 Å². The second-order valence-electron chi connectivity index (χ2n) is 9.71. The van der Waals surface area contributed by atoms with E-state index in [0.717, 1.165) is 23.7 Å². The van der Waals surface area contributed by atoms with Crippen molar-refractivity contribution in [2.24, 2.45) is 11.3 Å². The van der Waals surface area contributed by atoms with E-state index in [2.05, 4.69) is 25.8 Å². The van der Waals surface area contributed by atoms with E-state index in [9.17, 15) is 18.3 Å². The summed E-state index contributed by atoms with van der Waals surface area (Å²) in [7, 11) is -3.26. The summed E-state index contributed by atoms with van der Waals surface area (Å²) in [4.78, 5) is 18.1. The summed E-state index contributed by atoms with van der Waals surface area (Å²) in [5.74, 6) is 0.976. The maximum atomic E-state index is 11.8. The number of ether oxygens (including phenoxy) is 1. The molecule has 1 aliphatic heterocycles. The second kappa shape index (κ2) is 8.64. The SMILES string of the molecule is CC(C)(C)C1CC(COc2nc(-n3ccc4cc(S(C)(=O)=O)ccc43)cs2)CCN1C(=O)O. The molecule has 0 radical (unpaired) electrons. The normalized spacial score (nSPS) is 19.7. The van der Waals surface area contributed by atoms with Crippen molar-refractivity contribution in [2.75, 3.05) is 19.4 Å². The fourth-order valence-corrected chi connectivity index (χ4v) is 5.72. The van der Waals surface area contributed by atoms with Crippen molar-refractivity contribution in [1.29, 1.82) is 0 Å². The molecule has 2 atom stereocenters. The van der Waals surface area contributed by atoms with Crippen LogP contribution >= 0.6 is 11.3 Å². The summed E-state index contributed by atoms with van der Waals surface area (Å²) in [6.07, 6.45) is 3.73. The molecule has 1 aromatic carbocycles. The van der Waals surface area contributed by atoms with Crippen LogP contribution in [0.15, 0.2) is 40.7 Å². The third-order valence-corrected chi connectivity index (χ3v) is 8.06. The number of benzene rings is 1. The van der Waals surface area contributed by atoms with Gasteiger partial charge in [-0.2, -0.15) is 4.98 Å². The highest BCUT2D eigenvalue weighted by molar-refractivity contribution is 7.90. The molecule has 33 heavy (non-hydrogen) atoms. The van der Waals surface area contributed by atoms with E-state index < -0.39 is 15.9 Å². The van der Waals surface area contributed by atoms with Crippen LogP contribution in [-0.4, -0.2) is 59.5 Å². The minimum Gasteiger partial charge on any atom is -0.470 e. The molecule has 2 aromatic heterocycles. The van der Waals surface area contributed by atoms with E-state index >= 15 is 0 Å². The summed E-state index contributed by atoms with van der Waals surface area (Å²) >= 11 is 1.41. The zero-order chi connectivity index (χ0) is 24.0. The fourth-order valence-electron chi connectivity index (χ4n) is 4.41. The Bertz CT molecular complexity index is 1270. The van der Waals surface area contributed by atoms with Crippen molar-refractivity contribution in [1.82, 2.24) is 14.5 Å². The Hall–Kier alpha value is -2.59. The Labute approximate surface area is 197 Å². The minimum atomic E-state index is -3.26. The lowest BCUT2D eigenvalue weighted by atomic mass is 9.77. The molecule has 0 bridgehead atoms. The smallest absolute Gasteiger partial charge is 0.407 e. The number of nitrogens with zero attached hydrogens (tertiary/aromatic N) is 3. The molecule has 1 amide bonds. The summed E-state index contributed by atoms with van der Waals surface area (Å²) in [5.41, 5.74) is 0.728. The molecular weight excluding hydrogens is 462 g/mol. The molecule has 1 aliphatic rings. The van der Waals surface area contributed by atoms with Crippen LogP contribution in [0, 0.1) is 11.3 Å². The van der Waals surface area contributed by atoms with E-state index in [-0.39, 0.29) is 22.3 Å². The zero-order valence-corrected chi connectivity index (χ0v) is 20.8. The van der Waals surface area contributed by atoms with Gasteiger partial charge in [-0.15, -0.1) is 0 Å². The van der Waals surface area contributed by atoms with Crippen molar-refractivity contribution in [3.63, 3.8) is 0 Å². The molecule has 8 nitrogen and oxygen atoms in total. The molecule has 0 aliphatic carbocycles. The van der Waals surface area contributed by atoms with Crippen molar-refractivity contribution in [3.05, 3.63) is 35.8 Å². The van der Waals surface area contributed by atoms with Crippen LogP contribution in [0.4, 0.5) is 4.79 Å². The van der Waals surface area contributed by atoms with E-state index in [1.54, 1.807) is 23.1 Å². The van der Waals surface area contributed by atoms with Crippen LogP contribution in [0.25, 0.3) is 16.7 Å². The number of rotatable bonds is 5. The number of amides is 1. The molecule has 178 valence electrons. The lowest BCUT2D eigenvalue weighted by Crippen LogP contribution is -2.52. The first-order valence-electron chi connectivity index (χ1n) is 10.8. The van der Waals surface area contributed by atoms with Crippen LogP contribution in [0.1, 0.15) is 33.6 Å². The van der Waals surface area contributed by atoms with E-state index in [0.29, 0.717) is 24.2 Å². The zero-order valence-electron chi connectivity index (χ0n) is 19.2. The number of hydrogen-bond acceptors (Lipinski definition) is 6. The average Bonchev–Trinajstić information content (AvgIpc) is 3.36. The van der Waals surface area contributed by atoms with E-state index in [1.807, 2.05) is 22.2 Å². The topological polar surface area (TPSA) is 102 Å². The fraction of sp³-hybridized carbons (Fsp3) is 0.478. The number of sulfone groups is 1. The summed E-state index contributed by atoms with van der Waals surface area (Å²) in [6, 6.07) is 6.88. The summed E-state index contributed by atoms with van der Waals surface area (Å²) in [6.45, 7) is 7.23. The van der Waals surface area contributed by atoms with E-state index in [1.165, 1.54) is 17.6 Å². The van der Waals surface area contributed by atoms with Gasteiger partial charge in [0.1, 0.15) is 0 Å². The summed E-state index contributed by atoms with van der Waals surface area (Å²) in [5, 5.41) is 12.8. The Kier molecular flexibility index (Phi) is 6.17. The van der Waals surface area contributed by atoms with E-state index in [4.69, 9.17) is 4.74 Å². The van der Waals surface area contributed by atoms with Crippen molar-refractivity contribution in [2.45, 2.75) is 44.6 Å². The Morgan fingerprint density at radius 3 is 2.73 bits per heavy atom. The highest BCUT2D eigenvalue weighted by Gasteiger charge is 2.38. The number of hydrogen-bond donors (Lipinski definition) is 1. The third-order valence-electron chi connectivity index (χ3n) is 6.21. The minimum absolute atomic E-state index is 0.0488. The van der Waals surface area contributed by atoms with Gasteiger partial charge in [0, 0.05) is 35.8 Å². The molecule has 1 fully saturated rings. The quantitative estimate of drug-likeness (QED) is 0.556. The number of fused-ring (bicyclic) bond motifs is 1. The molecule has 0 spiro atoms. The van der Waals surface area contributed by atoms with Crippen molar-refractivity contribution >= 4 is 38.2 Å². The van der Waals surface area contributed by atoms with Crippen molar-refractivity contribution < 1.29 is 23.1 Å². The Morgan fingerprint density at radius 2 is 2.06 bits per heavy atom. The first-order chi connectivity index (χ1) is 15.4. The molecule has 3 heterocycles. The highest BCUT2D eigenvalue weighted by atomic mass is 32.2. The van der Waals surface area contributed by atoms with Gasteiger partial charge in [-0.25, -0.2) is 13.2 Å². The lowest BCUT2D eigenvalue weighted by Gasteiger charge is -2.44. The molecule has 0 saturated carbocycles. The molecule has 4 rings (SSSR count). The molecule has 10 heteroatoms. The predicted octanol–water partition coefficient (Wildman–Crippen LogP) is 4.67. The molecular formula is C23H29N3O5S2. The van der Waals surface area contributed by atoms with Crippen LogP contribution in [0.3, 0.4) is 0 Å². The van der Waals surface area contributed by atoms with Crippen molar-refractivity contribution in [3.8, 4) is 11.0 Å². The van der Waals surface area contributed by atoms with Gasteiger partial charge in [0.05, 0.1) is 17.0 Å². The Morgan fingerprint density at radius 1 is 1.30 bits per heavy atom. The average molecular weight is 492 g/mol. The first-order valence-corrected chi connectivity index (χ1v) is 13.6. The number of thiazole rings is 1. The standard InChI is InChI=1S/C23H29N3O5S2/c1-23(2,3)19-11-15(7-9-26(19)22(27)28)13-31-21-24-20(14-32-21)25-10-8-16-12-17(33(4,29)30)5-6-18(16)25/h5-6,8,10,12,14-15,19H,7,9,11,13H2,1-4H3,(H,27,28). The molecule has 2 unspecified atom stereocenters.